The predicted octanol–water partition coefficient (Wildman–Crippen LogP) is 1.82. The number of piperazine rings is 1. The molecule has 3 rings (SSSR count). The highest BCUT2D eigenvalue weighted by Crippen LogP contribution is 2.19. The van der Waals surface area contributed by atoms with Crippen molar-refractivity contribution in [2.45, 2.75) is 18.9 Å². The Morgan fingerprint density at radius 1 is 1.08 bits per heavy atom. The van der Waals surface area contributed by atoms with Crippen LogP contribution >= 0.6 is 0 Å². The number of nitrogens with one attached hydrogen (secondary N) is 1. The zero-order valence-electron chi connectivity index (χ0n) is 13.1. The van der Waals surface area contributed by atoms with Gasteiger partial charge in [-0.15, -0.1) is 0 Å². The zero-order chi connectivity index (χ0) is 17.1. The third-order valence-corrected chi connectivity index (χ3v) is 4.28. The van der Waals surface area contributed by atoms with Crippen LogP contribution in [0, 0.1) is 11.6 Å². The van der Waals surface area contributed by atoms with E-state index in [1.807, 2.05) is 0 Å². The minimum absolute atomic E-state index is 0.0484. The zero-order valence-corrected chi connectivity index (χ0v) is 13.1. The average Bonchev–Trinajstić information content (AvgIpc) is 3.12. The van der Waals surface area contributed by atoms with E-state index in [-0.39, 0.29) is 12.0 Å². The second-order valence-corrected chi connectivity index (χ2v) is 5.84. The molecule has 0 aromatic heterocycles. The summed E-state index contributed by atoms with van der Waals surface area (Å²) in [6, 6.07) is 2.81. The highest BCUT2D eigenvalue weighted by atomic mass is 19.1. The van der Waals surface area contributed by atoms with Crippen molar-refractivity contribution in [2.24, 2.45) is 0 Å². The largest absolute Gasteiger partial charge is 0.368 e. The molecule has 2 heterocycles. The molecule has 2 fully saturated rings. The SMILES string of the molecule is O=C(Nc1c(F)cccc1F)N1CCN(C(=O)C2CCCO2)CC1. The molecule has 0 aliphatic carbocycles. The lowest BCUT2D eigenvalue weighted by Gasteiger charge is -2.35. The Bertz CT molecular complexity index is 607. The minimum atomic E-state index is -0.824. The first-order valence-electron chi connectivity index (χ1n) is 7.96. The topological polar surface area (TPSA) is 61.9 Å². The van der Waals surface area contributed by atoms with Gasteiger partial charge in [0.1, 0.15) is 23.4 Å². The Hall–Kier alpha value is -2.22. The first-order chi connectivity index (χ1) is 11.6. The highest BCUT2D eigenvalue weighted by Gasteiger charge is 2.31. The van der Waals surface area contributed by atoms with Crippen LogP contribution in [-0.4, -0.2) is 60.6 Å². The lowest BCUT2D eigenvalue weighted by Crippen LogP contribution is -2.53. The summed E-state index contributed by atoms with van der Waals surface area (Å²) in [5, 5.41) is 2.26. The first kappa shape index (κ1) is 16.6. The number of anilines is 1. The van der Waals surface area contributed by atoms with Crippen molar-refractivity contribution in [1.29, 1.82) is 0 Å². The quantitative estimate of drug-likeness (QED) is 0.894. The van der Waals surface area contributed by atoms with E-state index in [4.69, 9.17) is 4.74 Å². The van der Waals surface area contributed by atoms with Crippen LogP contribution in [0.2, 0.25) is 0 Å². The van der Waals surface area contributed by atoms with Gasteiger partial charge in [-0.25, -0.2) is 13.6 Å². The van der Waals surface area contributed by atoms with Gasteiger partial charge in [0, 0.05) is 32.8 Å². The van der Waals surface area contributed by atoms with E-state index in [0.717, 1.165) is 25.0 Å². The van der Waals surface area contributed by atoms with Crippen LogP contribution in [0.4, 0.5) is 19.3 Å². The number of rotatable bonds is 2. The lowest BCUT2D eigenvalue weighted by atomic mass is 10.2. The Morgan fingerprint density at radius 3 is 2.29 bits per heavy atom. The number of para-hydroxylation sites is 1. The first-order valence-corrected chi connectivity index (χ1v) is 7.96. The molecule has 0 bridgehead atoms. The van der Waals surface area contributed by atoms with E-state index in [0.29, 0.717) is 32.8 Å². The van der Waals surface area contributed by atoms with Gasteiger partial charge >= 0.3 is 6.03 Å². The Kier molecular flexibility index (Phi) is 4.94. The van der Waals surface area contributed by atoms with Crippen LogP contribution in [0.15, 0.2) is 18.2 Å². The number of hydrogen-bond acceptors (Lipinski definition) is 3. The number of ether oxygens (including phenoxy) is 1. The fourth-order valence-electron chi connectivity index (χ4n) is 2.91. The molecule has 0 saturated carbocycles. The van der Waals surface area contributed by atoms with Crippen LogP contribution < -0.4 is 5.32 Å². The molecule has 3 amide bonds. The van der Waals surface area contributed by atoms with E-state index in [1.54, 1.807) is 4.90 Å². The summed E-state index contributed by atoms with van der Waals surface area (Å²) in [6.45, 7) is 1.98. The number of carbonyl (C=O) groups is 2. The molecule has 1 N–H and O–H groups in total. The number of amides is 3. The molecule has 2 aliphatic heterocycles. The van der Waals surface area contributed by atoms with Crippen LogP contribution in [0.25, 0.3) is 0 Å². The second-order valence-electron chi connectivity index (χ2n) is 5.84. The molecule has 1 atom stereocenters. The van der Waals surface area contributed by atoms with Gasteiger partial charge < -0.3 is 19.9 Å². The predicted molar refractivity (Wildman–Crippen MR) is 82.5 cm³/mol. The minimum Gasteiger partial charge on any atom is -0.368 e. The second kappa shape index (κ2) is 7.12. The van der Waals surface area contributed by atoms with Gasteiger partial charge in [-0.1, -0.05) is 6.07 Å². The maximum Gasteiger partial charge on any atom is 0.322 e. The summed E-state index contributed by atoms with van der Waals surface area (Å²) in [5.41, 5.74) is -0.458. The lowest BCUT2D eigenvalue weighted by molar-refractivity contribution is -0.142. The molecule has 1 unspecified atom stereocenters. The van der Waals surface area contributed by atoms with Crippen LogP contribution in [0.1, 0.15) is 12.8 Å². The summed E-state index contributed by atoms with van der Waals surface area (Å²) < 4.78 is 32.5. The van der Waals surface area contributed by atoms with Crippen molar-refractivity contribution in [2.75, 3.05) is 38.1 Å². The number of urea groups is 1. The van der Waals surface area contributed by atoms with Gasteiger partial charge in [0.2, 0.25) is 0 Å². The molecular weight excluding hydrogens is 320 g/mol. The van der Waals surface area contributed by atoms with Crippen molar-refractivity contribution >= 4 is 17.6 Å². The standard InChI is InChI=1S/C16H19F2N3O3/c17-11-3-1-4-12(18)14(11)19-16(23)21-8-6-20(7-9-21)15(22)13-5-2-10-24-13/h1,3-4,13H,2,5-10H2,(H,19,23). The van der Waals surface area contributed by atoms with Gasteiger partial charge in [-0.3, -0.25) is 4.79 Å². The van der Waals surface area contributed by atoms with Crippen molar-refractivity contribution in [3.63, 3.8) is 0 Å². The fraction of sp³-hybridized carbons (Fsp3) is 0.500. The maximum absolute atomic E-state index is 13.6. The number of nitrogens with zero attached hydrogens (tertiary/aromatic N) is 2. The number of carbonyl (C=O) groups excluding carboxylic acids is 2. The van der Waals surface area contributed by atoms with E-state index in [2.05, 4.69) is 5.32 Å². The van der Waals surface area contributed by atoms with E-state index in [1.165, 1.54) is 11.0 Å². The summed E-state index contributed by atoms with van der Waals surface area (Å²) in [5.74, 6) is -1.70. The summed E-state index contributed by atoms with van der Waals surface area (Å²) >= 11 is 0. The van der Waals surface area contributed by atoms with E-state index < -0.39 is 23.4 Å². The monoisotopic (exact) mass is 339 g/mol. The maximum atomic E-state index is 13.6. The van der Waals surface area contributed by atoms with Gasteiger partial charge in [-0.2, -0.15) is 0 Å². The molecular formula is C16H19F2N3O3. The number of halogens is 2. The molecule has 8 heteroatoms. The normalized spacial score (nSPS) is 21.0. The molecule has 1 aromatic rings. The van der Waals surface area contributed by atoms with E-state index >= 15 is 0 Å². The molecule has 0 spiro atoms. The number of hydrogen-bond donors (Lipinski definition) is 1. The van der Waals surface area contributed by atoms with Gasteiger partial charge in [0.05, 0.1) is 0 Å². The van der Waals surface area contributed by atoms with Crippen LogP contribution in [-0.2, 0) is 9.53 Å². The average molecular weight is 339 g/mol. The molecule has 130 valence electrons. The van der Waals surface area contributed by atoms with Crippen molar-refractivity contribution in [1.82, 2.24) is 9.80 Å². The fourth-order valence-corrected chi connectivity index (χ4v) is 2.91. The van der Waals surface area contributed by atoms with Crippen LogP contribution in [0.3, 0.4) is 0 Å². The Labute approximate surface area is 138 Å². The summed E-state index contributed by atoms with van der Waals surface area (Å²) in [6.07, 6.45) is 1.23. The van der Waals surface area contributed by atoms with Crippen molar-refractivity contribution in [3.05, 3.63) is 29.8 Å². The third kappa shape index (κ3) is 3.48. The summed E-state index contributed by atoms with van der Waals surface area (Å²) in [4.78, 5) is 27.5. The molecule has 0 radical (unpaired) electrons. The molecule has 6 nitrogen and oxygen atoms in total. The van der Waals surface area contributed by atoms with Gasteiger partial charge in [-0.05, 0) is 25.0 Å². The Morgan fingerprint density at radius 2 is 1.71 bits per heavy atom. The third-order valence-electron chi connectivity index (χ3n) is 4.28. The molecule has 2 aliphatic rings. The molecule has 1 aromatic carbocycles. The Balaban J connectivity index is 1.54. The molecule has 2 saturated heterocycles. The van der Waals surface area contributed by atoms with Gasteiger partial charge in [0.25, 0.3) is 5.91 Å². The molecule has 24 heavy (non-hydrogen) atoms. The van der Waals surface area contributed by atoms with E-state index in [9.17, 15) is 18.4 Å². The number of benzene rings is 1. The summed E-state index contributed by atoms with van der Waals surface area (Å²) in [7, 11) is 0. The van der Waals surface area contributed by atoms with Crippen molar-refractivity contribution in [3.8, 4) is 0 Å². The smallest absolute Gasteiger partial charge is 0.322 e. The van der Waals surface area contributed by atoms with Gasteiger partial charge in [0.15, 0.2) is 0 Å². The highest BCUT2D eigenvalue weighted by molar-refractivity contribution is 5.90. The van der Waals surface area contributed by atoms with Crippen LogP contribution in [0.5, 0.6) is 0 Å². The van der Waals surface area contributed by atoms with Crippen molar-refractivity contribution < 1.29 is 23.1 Å².